The van der Waals surface area contributed by atoms with Crippen LogP contribution in [0.25, 0.3) is 11.1 Å². The van der Waals surface area contributed by atoms with E-state index in [1.165, 1.54) is 12.1 Å². The molecule has 0 radical (unpaired) electrons. The number of amides is 1. The molecule has 0 unspecified atom stereocenters. The summed E-state index contributed by atoms with van der Waals surface area (Å²) in [6, 6.07) is 12.0. The van der Waals surface area contributed by atoms with Gasteiger partial charge in [-0.3, -0.25) is 4.79 Å². The third-order valence-corrected chi connectivity index (χ3v) is 4.31. The Labute approximate surface area is 144 Å². The summed E-state index contributed by atoms with van der Waals surface area (Å²) in [4.78, 5) is 14.7. The zero-order chi connectivity index (χ0) is 17.9. The van der Waals surface area contributed by atoms with E-state index in [1.807, 2.05) is 0 Å². The fourth-order valence-electron chi connectivity index (χ4n) is 2.98. The molecule has 2 aromatic carbocycles. The second kappa shape index (κ2) is 7.27. The normalized spacial score (nSPS) is 15.7. The van der Waals surface area contributed by atoms with Crippen LogP contribution in [0.2, 0.25) is 0 Å². The first-order valence-electron chi connectivity index (χ1n) is 8.23. The average Bonchev–Trinajstić information content (AvgIpc) is 2.90. The van der Waals surface area contributed by atoms with Crippen molar-refractivity contribution < 1.29 is 18.0 Å². The minimum absolute atomic E-state index is 0.0841. The number of hydrogen-bond acceptors (Lipinski definition) is 2. The van der Waals surface area contributed by atoms with E-state index in [0.717, 1.165) is 31.6 Å². The van der Waals surface area contributed by atoms with E-state index in [0.29, 0.717) is 29.8 Å². The van der Waals surface area contributed by atoms with Crippen molar-refractivity contribution in [3.8, 4) is 11.1 Å². The maximum absolute atomic E-state index is 12.9. The monoisotopic (exact) mass is 348 g/mol. The summed E-state index contributed by atoms with van der Waals surface area (Å²) in [7, 11) is 0. The van der Waals surface area contributed by atoms with Crippen LogP contribution in [0.15, 0.2) is 48.5 Å². The molecule has 132 valence electrons. The zero-order valence-corrected chi connectivity index (χ0v) is 13.6. The smallest absolute Gasteiger partial charge is 0.337 e. The summed E-state index contributed by atoms with van der Waals surface area (Å²) in [5.41, 5.74) is 1.08. The number of alkyl halides is 3. The number of carbonyl (C=O) groups is 1. The molecule has 0 bridgehead atoms. The lowest BCUT2D eigenvalue weighted by Crippen LogP contribution is -2.34. The maximum Gasteiger partial charge on any atom is 0.416 e. The van der Waals surface area contributed by atoms with Crippen molar-refractivity contribution in [2.45, 2.75) is 12.6 Å². The Morgan fingerprint density at radius 3 is 2.40 bits per heavy atom. The first-order chi connectivity index (χ1) is 12.0. The van der Waals surface area contributed by atoms with Crippen molar-refractivity contribution in [3.63, 3.8) is 0 Å². The number of hydrogen-bond donors (Lipinski definition) is 1. The number of nitrogens with zero attached hydrogens (tertiary/aromatic N) is 1. The van der Waals surface area contributed by atoms with Gasteiger partial charge in [-0.25, -0.2) is 0 Å². The predicted octanol–water partition coefficient (Wildman–Crippen LogP) is 3.81. The van der Waals surface area contributed by atoms with Crippen LogP contribution in [-0.4, -0.2) is 37.0 Å². The summed E-state index contributed by atoms with van der Waals surface area (Å²) in [5.74, 6) is -0.0841. The molecule has 1 N–H and O–H groups in total. The molecule has 1 fully saturated rings. The van der Waals surface area contributed by atoms with Crippen molar-refractivity contribution >= 4 is 5.91 Å². The second-order valence-electron chi connectivity index (χ2n) is 6.02. The molecule has 0 atom stereocenters. The number of rotatable bonds is 2. The van der Waals surface area contributed by atoms with Gasteiger partial charge in [0.25, 0.3) is 5.91 Å². The van der Waals surface area contributed by atoms with Crippen LogP contribution in [0.5, 0.6) is 0 Å². The Hall–Kier alpha value is -2.34. The maximum atomic E-state index is 12.9. The minimum Gasteiger partial charge on any atom is -0.337 e. The molecule has 1 saturated heterocycles. The highest BCUT2D eigenvalue weighted by atomic mass is 19.4. The van der Waals surface area contributed by atoms with Gasteiger partial charge in [-0.15, -0.1) is 0 Å². The lowest BCUT2D eigenvalue weighted by Gasteiger charge is -2.21. The largest absolute Gasteiger partial charge is 0.416 e. The first kappa shape index (κ1) is 17.5. The Morgan fingerprint density at radius 1 is 0.960 bits per heavy atom. The third-order valence-electron chi connectivity index (χ3n) is 4.31. The van der Waals surface area contributed by atoms with Crippen molar-refractivity contribution in [2.75, 3.05) is 26.2 Å². The Kier molecular flexibility index (Phi) is 5.08. The molecule has 1 heterocycles. The SMILES string of the molecule is O=C(c1ccccc1-c1ccc(C(F)(F)F)cc1)N1CCCNCC1. The lowest BCUT2D eigenvalue weighted by molar-refractivity contribution is -0.137. The number of nitrogens with one attached hydrogen (secondary N) is 1. The summed E-state index contributed by atoms with van der Waals surface area (Å²) in [6.45, 7) is 2.92. The fraction of sp³-hybridized carbons (Fsp3) is 0.316. The van der Waals surface area contributed by atoms with Gasteiger partial charge >= 0.3 is 6.18 Å². The van der Waals surface area contributed by atoms with Gasteiger partial charge in [0.2, 0.25) is 0 Å². The number of halogens is 3. The average molecular weight is 348 g/mol. The molecular weight excluding hydrogens is 329 g/mol. The van der Waals surface area contributed by atoms with Crippen LogP contribution < -0.4 is 5.32 Å². The van der Waals surface area contributed by atoms with Crippen molar-refractivity contribution in [1.82, 2.24) is 10.2 Å². The first-order valence-corrected chi connectivity index (χ1v) is 8.23. The van der Waals surface area contributed by atoms with Crippen molar-refractivity contribution in [3.05, 3.63) is 59.7 Å². The van der Waals surface area contributed by atoms with Crippen LogP contribution in [0.4, 0.5) is 13.2 Å². The zero-order valence-electron chi connectivity index (χ0n) is 13.6. The number of carbonyl (C=O) groups excluding carboxylic acids is 1. The van der Waals surface area contributed by atoms with Crippen molar-refractivity contribution in [1.29, 1.82) is 0 Å². The molecule has 1 aliphatic heterocycles. The molecule has 3 nitrogen and oxygen atoms in total. The molecule has 0 aliphatic carbocycles. The van der Waals surface area contributed by atoms with E-state index < -0.39 is 11.7 Å². The quantitative estimate of drug-likeness (QED) is 0.895. The highest BCUT2D eigenvalue weighted by molar-refractivity contribution is 6.00. The molecule has 1 amide bonds. The molecule has 0 spiro atoms. The van der Waals surface area contributed by atoms with Gasteiger partial charge in [0.15, 0.2) is 0 Å². The molecular formula is C19H19F3N2O. The topological polar surface area (TPSA) is 32.3 Å². The summed E-state index contributed by atoms with van der Waals surface area (Å²) in [6.07, 6.45) is -3.49. The van der Waals surface area contributed by atoms with Crippen molar-refractivity contribution in [2.24, 2.45) is 0 Å². The molecule has 0 saturated carbocycles. The van der Waals surface area contributed by atoms with Crippen LogP contribution in [0.1, 0.15) is 22.3 Å². The summed E-state index contributed by atoms with van der Waals surface area (Å²) < 4.78 is 38.2. The predicted molar refractivity (Wildman–Crippen MR) is 90.3 cm³/mol. The van der Waals surface area contributed by atoms with Crippen LogP contribution in [-0.2, 0) is 6.18 Å². The Morgan fingerprint density at radius 2 is 1.68 bits per heavy atom. The van der Waals surface area contributed by atoms with Gasteiger partial charge in [0.05, 0.1) is 5.56 Å². The van der Waals surface area contributed by atoms with Crippen LogP contribution in [0, 0.1) is 0 Å². The fourth-order valence-corrected chi connectivity index (χ4v) is 2.98. The number of benzene rings is 2. The molecule has 6 heteroatoms. The Bertz CT molecular complexity index is 733. The third kappa shape index (κ3) is 4.02. The molecule has 2 aromatic rings. The van der Waals surface area contributed by atoms with E-state index in [4.69, 9.17) is 0 Å². The highest BCUT2D eigenvalue weighted by Crippen LogP contribution is 2.32. The van der Waals surface area contributed by atoms with E-state index in [2.05, 4.69) is 5.32 Å². The van der Waals surface area contributed by atoms with Crippen LogP contribution >= 0.6 is 0 Å². The summed E-state index contributed by atoms with van der Waals surface area (Å²) in [5, 5.41) is 3.25. The van der Waals surface area contributed by atoms with E-state index in [9.17, 15) is 18.0 Å². The molecule has 3 rings (SSSR count). The molecule has 1 aliphatic rings. The minimum atomic E-state index is -4.37. The summed E-state index contributed by atoms with van der Waals surface area (Å²) >= 11 is 0. The molecule has 25 heavy (non-hydrogen) atoms. The Balaban J connectivity index is 1.91. The van der Waals surface area contributed by atoms with Gasteiger partial charge in [0, 0.05) is 25.2 Å². The van der Waals surface area contributed by atoms with E-state index in [-0.39, 0.29) is 5.91 Å². The second-order valence-corrected chi connectivity index (χ2v) is 6.02. The van der Waals surface area contributed by atoms with E-state index in [1.54, 1.807) is 29.2 Å². The highest BCUT2D eigenvalue weighted by Gasteiger charge is 2.30. The van der Waals surface area contributed by atoms with Gasteiger partial charge < -0.3 is 10.2 Å². The van der Waals surface area contributed by atoms with Gasteiger partial charge in [-0.1, -0.05) is 30.3 Å². The standard InChI is InChI=1S/C19H19F3N2O/c20-19(21,22)15-8-6-14(7-9-15)16-4-1-2-5-17(16)18(25)24-12-3-10-23-11-13-24/h1-2,4-9,23H,3,10-13H2. The van der Waals surface area contributed by atoms with Crippen LogP contribution in [0.3, 0.4) is 0 Å². The lowest BCUT2D eigenvalue weighted by atomic mass is 9.97. The molecule has 0 aromatic heterocycles. The van der Waals surface area contributed by atoms with E-state index >= 15 is 0 Å². The van der Waals surface area contributed by atoms with Gasteiger partial charge in [0.1, 0.15) is 0 Å². The van der Waals surface area contributed by atoms with Gasteiger partial charge in [-0.05, 0) is 42.3 Å². The van der Waals surface area contributed by atoms with Gasteiger partial charge in [-0.2, -0.15) is 13.2 Å².